The Morgan fingerprint density at radius 3 is 2.41 bits per heavy atom. The second-order valence-electron chi connectivity index (χ2n) is 9.54. The van der Waals surface area contributed by atoms with Crippen LogP contribution < -0.4 is 9.47 Å². The zero-order valence-electron chi connectivity index (χ0n) is 20.5. The molecule has 3 rings (SSSR count). The highest BCUT2D eigenvalue weighted by molar-refractivity contribution is 5.71. The average molecular weight is 465 g/mol. The third-order valence-electron chi connectivity index (χ3n) is 6.00. The highest BCUT2D eigenvalue weighted by Crippen LogP contribution is 2.37. The molecular formula is C29H33FO4. The number of hydrogen-bond donors (Lipinski definition) is 1. The van der Waals surface area contributed by atoms with Crippen LogP contribution in [0.2, 0.25) is 0 Å². The molecule has 0 amide bonds. The number of methoxy groups -OCH3 is 1. The first-order chi connectivity index (χ1) is 16.1. The number of carboxylic acid groups (broad SMARTS) is 1. The van der Waals surface area contributed by atoms with Crippen molar-refractivity contribution >= 4 is 5.97 Å². The minimum atomic E-state index is -0.805. The molecule has 34 heavy (non-hydrogen) atoms. The van der Waals surface area contributed by atoms with Crippen molar-refractivity contribution in [1.82, 2.24) is 0 Å². The molecule has 3 aromatic rings. The Balaban J connectivity index is 1.87. The summed E-state index contributed by atoms with van der Waals surface area (Å²) in [5.74, 6) is 0.156. The van der Waals surface area contributed by atoms with Crippen molar-refractivity contribution in [3.05, 3.63) is 83.2 Å². The Morgan fingerprint density at radius 1 is 1.00 bits per heavy atom. The number of carbonyl (C=O) groups is 1. The van der Waals surface area contributed by atoms with Gasteiger partial charge in [0, 0.05) is 5.56 Å². The van der Waals surface area contributed by atoms with Gasteiger partial charge >= 0.3 is 5.97 Å². The molecular weight excluding hydrogens is 431 g/mol. The van der Waals surface area contributed by atoms with Gasteiger partial charge in [-0.05, 0) is 70.3 Å². The molecule has 1 N–H and O–H groups in total. The SMILES string of the molecule is CCC(CC(=O)O)c1cccc(OCc2ccc(-c3cc(OC)ccc3F)c(C(C)(C)C)c2)c1. The lowest BCUT2D eigenvalue weighted by molar-refractivity contribution is -0.137. The lowest BCUT2D eigenvalue weighted by Crippen LogP contribution is -2.14. The van der Waals surface area contributed by atoms with E-state index in [-0.39, 0.29) is 23.6 Å². The van der Waals surface area contributed by atoms with E-state index < -0.39 is 5.97 Å². The Bertz CT molecular complexity index is 1150. The minimum absolute atomic E-state index is 0.0504. The van der Waals surface area contributed by atoms with Gasteiger partial charge in [0.05, 0.1) is 13.5 Å². The van der Waals surface area contributed by atoms with E-state index in [1.807, 2.05) is 43.3 Å². The van der Waals surface area contributed by atoms with Crippen LogP contribution in [0.1, 0.15) is 63.1 Å². The Kier molecular flexibility index (Phi) is 7.98. The van der Waals surface area contributed by atoms with E-state index in [1.54, 1.807) is 19.2 Å². The minimum Gasteiger partial charge on any atom is -0.497 e. The number of benzene rings is 3. The van der Waals surface area contributed by atoms with Crippen LogP contribution in [0.3, 0.4) is 0 Å². The molecule has 5 heteroatoms. The molecule has 0 spiro atoms. The maximum atomic E-state index is 14.7. The van der Waals surface area contributed by atoms with Crippen LogP contribution >= 0.6 is 0 Å². The van der Waals surface area contributed by atoms with Gasteiger partial charge in [0.25, 0.3) is 0 Å². The van der Waals surface area contributed by atoms with E-state index in [9.17, 15) is 14.3 Å². The van der Waals surface area contributed by atoms with Crippen molar-refractivity contribution in [1.29, 1.82) is 0 Å². The van der Waals surface area contributed by atoms with Gasteiger partial charge in [0.2, 0.25) is 0 Å². The van der Waals surface area contributed by atoms with E-state index in [0.29, 0.717) is 23.7 Å². The monoisotopic (exact) mass is 464 g/mol. The van der Waals surface area contributed by atoms with Crippen LogP contribution in [0.25, 0.3) is 11.1 Å². The third kappa shape index (κ3) is 6.16. The van der Waals surface area contributed by atoms with Crippen LogP contribution in [0.4, 0.5) is 4.39 Å². The van der Waals surface area contributed by atoms with Crippen LogP contribution in [-0.2, 0) is 16.8 Å². The number of hydrogen-bond acceptors (Lipinski definition) is 3. The molecule has 0 saturated heterocycles. The molecule has 0 aliphatic rings. The number of rotatable bonds is 9. The Morgan fingerprint density at radius 2 is 1.76 bits per heavy atom. The number of ether oxygens (including phenoxy) is 2. The highest BCUT2D eigenvalue weighted by atomic mass is 19.1. The normalized spacial score (nSPS) is 12.3. The summed E-state index contributed by atoms with van der Waals surface area (Å²) in [4.78, 5) is 11.2. The molecule has 4 nitrogen and oxygen atoms in total. The average Bonchev–Trinajstić information content (AvgIpc) is 2.81. The summed E-state index contributed by atoms with van der Waals surface area (Å²) in [5, 5.41) is 9.18. The van der Waals surface area contributed by atoms with Crippen molar-refractivity contribution in [3.8, 4) is 22.6 Å². The molecule has 0 aliphatic carbocycles. The molecule has 0 fully saturated rings. The van der Waals surface area contributed by atoms with Crippen molar-refractivity contribution in [2.75, 3.05) is 7.11 Å². The van der Waals surface area contributed by atoms with Gasteiger partial charge in [-0.3, -0.25) is 4.79 Å². The van der Waals surface area contributed by atoms with Crippen molar-refractivity contribution in [2.24, 2.45) is 0 Å². The number of halogens is 1. The fourth-order valence-corrected chi connectivity index (χ4v) is 4.11. The quantitative estimate of drug-likeness (QED) is 0.360. The Labute approximate surface area is 201 Å². The molecule has 1 unspecified atom stereocenters. The summed E-state index contributed by atoms with van der Waals surface area (Å²) in [6.07, 6.45) is 0.837. The van der Waals surface area contributed by atoms with Gasteiger partial charge in [-0.25, -0.2) is 4.39 Å². The predicted octanol–water partition coefficient (Wildman–Crippen LogP) is 7.35. The van der Waals surface area contributed by atoms with E-state index >= 15 is 0 Å². The lowest BCUT2D eigenvalue weighted by atomic mass is 9.81. The zero-order chi connectivity index (χ0) is 24.9. The first kappa shape index (κ1) is 25.3. The third-order valence-corrected chi connectivity index (χ3v) is 6.00. The van der Waals surface area contributed by atoms with Crippen LogP contribution in [0.5, 0.6) is 11.5 Å². The summed E-state index contributed by atoms with van der Waals surface area (Å²) in [6.45, 7) is 8.65. The van der Waals surface area contributed by atoms with Gasteiger partial charge < -0.3 is 14.6 Å². The maximum absolute atomic E-state index is 14.7. The second kappa shape index (κ2) is 10.7. The number of aliphatic carboxylic acids is 1. The smallest absolute Gasteiger partial charge is 0.303 e. The largest absolute Gasteiger partial charge is 0.497 e. The van der Waals surface area contributed by atoms with Gasteiger partial charge in [-0.15, -0.1) is 0 Å². The van der Waals surface area contributed by atoms with Gasteiger partial charge in [0.15, 0.2) is 0 Å². The van der Waals surface area contributed by atoms with Crippen LogP contribution in [0.15, 0.2) is 60.7 Å². The van der Waals surface area contributed by atoms with Crippen molar-refractivity contribution in [3.63, 3.8) is 0 Å². The van der Waals surface area contributed by atoms with Gasteiger partial charge in [-0.2, -0.15) is 0 Å². The fourth-order valence-electron chi connectivity index (χ4n) is 4.11. The molecule has 1 atom stereocenters. The summed E-state index contributed by atoms with van der Waals surface area (Å²) in [6, 6.07) is 18.4. The van der Waals surface area contributed by atoms with E-state index in [2.05, 4.69) is 26.8 Å². The summed E-state index contributed by atoms with van der Waals surface area (Å²) in [5.41, 5.74) is 4.07. The summed E-state index contributed by atoms with van der Waals surface area (Å²) < 4.78 is 26.1. The summed E-state index contributed by atoms with van der Waals surface area (Å²) >= 11 is 0. The molecule has 0 radical (unpaired) electrons. The van der Waals surface area contributed by atoms with Gasteiger partial charge in [-0.1, -0.05) is 58.0 Å². The van der Waals surface area contributed by atoms with Crippen molar-refractivity contribution < 1.29 is 23.8 Å². The van der Waals surface area contributed by atoms with Crippen LogP contribution in [0, 0.1) is 5.82 Å². The molecule has 0 saturated carbocycles. The molecule has 180 valence electrons. The highest BCUT2D eigenvalue weighted by Gasteiger charge is 2.22. The summed E-state index contributed by atoms with van der Waals surface area (Å²) in [7, 11) is 1.57. The lowest BCUT2D eigenvalue weighted by Gasteiger charge is -2.24. The Hall–Kier alpha value is -3.34. The van der Waals surface area contributed by atoms with E-state index in [1.165, 1.54) is 6.07 Å². The molecule has 0 aromatic heterocycles. The molecule has 0 heterocycles. The van der Waals surface area contributed by atoms with Crippen molar-refractivity contribution in [2.45, 2.75) is 58.5 Å². The standard InChI is InChI=1S/C29H33FO4/c1-6-20(16-28(31)32)21-8-7-9-23(15-21)34-18-19-10-12-24(26(14-19)29(2,3)4)25-17-22(33-5)11-13-27(25)30/h7-15,17,20H,6,16,18H2,1-5H3,(H,31,32). The molecule has 0 aliphatic heterocycles. The second-order valence-corrected chi connectivity index (χ2v) is 9.54. The van der Waals surface area contributed by atoms with Gasteiger partial charge in [0.1, 0.15) is 23.9 Å². The molecule has 0 bridgehead atoms. The maximum Gasteiger partial charge on any atom is 0.303 e. The fraction of sp³-hybridized carbons (Fsp3) is 0.345. The topological polar surface area (TPSA) is 55.8 Å². The first-order valence-corrected chi connectivity index (χ1v) is 11.5. The zero-order valence-corrected chi connectivity index (χ0v) is 20.5. The van der Waals surface area contributed by atoms with E-state index in [4.69, 9.17) is 9.47 Å². The first-order valence-electron chi connectivity index (χ1n) is 11.5. The van der Waals surface area contributed by atoms with E-state index in [0.717, 1.165) is 28.7 Å². The predicted molar refractivity (Wildman–Crippen MR) is 133 cm³/mol. The van der Waals surface area contributed by atoms with Crippen LogP contribution in [-0.4, -0.2) is 18.2 Å². The molecule has 3 aromatic carbocycles. The number of carboxylic acids is 1.